The zero-order chi connectivity index (χ0) is 14.8. The van der Waals surface area contributed by atoms with Crippen molar-refractivity contribution < 1.29 is 0 Å². The number of hydrogen-bond acceptors (Lipinski definition) is 1. The van der Waals surface area contributed by atoms with Crippen molar-refractivity contribution >= 4 is 27.5 Å². The van der Waals surface area contributed by atoms with Crippen LogP contribution in [0.25, 0.3) is 0 Å². The predicted molar refractivity (Wildman–Crippen MR) is 92.0 cm³/mol. The first-order valence-corrected chi connectivity index (χ1v) is 8.70. The van der Waals surface area contributed by atoms with Crippen LogP contribution in [-0.4, -0.2) is 11.1 Å². The Hall–Kier alpha value is -0.770. The van der Waals surface area contributed by atoms with Crippen LogP contribution in [0.4, 0.5) is 0 Å². The molecular formula is C17H20BrClN2. The fourth-order valence-electron chi connectivity index (χ4n) is 3.14. The normalized spacial score (nSPS) is 17.8. The highest BCUT2D eigenvalue weighted by Gasteiger charge is 2.21. The molecule has 1 atom stereocenters. The first kappa shape index (κ1) is 15.1. The second-order valence-corrected chi connectivity index (χ2v) is 6.97. The minimum absolute atomic E-state index is 0.514. The van der Waals surface area contributed by atoms with E-state index in [-0.39, 0.29) is 0 Å². The van der Waals surface area contributed by atoms with Crippen molar-refractivity contribution in [3.8, 4) is 0 Å². The van der Waals surface area contributed by atoms with E-state index < -0.39 is 0 Å². The van der Waals surface area contributed by atoms with Gasteiger partial charge in [-0.15, -0.1) is 0 Å². The number of hydrogen-bond donors (Lipinski definition) is 1. The summed E-state index contributed by atoms with van der Waals surface area (Å²) in [6.07, 6.45) is 8.29. The molecule has 0 aliphatic heterocycles. The highest BCUT2D eigenvalue weighted by molar-refractivity contribution is 9.10. The van der Waals surface area contributed by atoms with E-state index in [1.165, 1.54) is 30.4 Å². The van der Waals surface area contributed by atoms with Crippen molar-refractivity contribution in [2.75, 3.05) is 6.54 Å². The third kappa shape index (κ3) is 3.36. The number of nitrogens with zero attached hydrogens (tertiary/aromatic N) is 1. The number of benzene rings is 1. The van der Waals surface area contributed by atoms with E-state index >= 15 is 0 Å². The van der Waals surface area contributed by atoms with Gasteiger partial charge in [-0.1, -0.05) is 40.5 Å². The predicted octanol–water partition coefficient (Wildman–Crippen LogP) is 4.94. The summed E-state index contributed by atoms with van der Waals surface area (Å²) in [7, 11) is 0. The molecule has 1 aliphatic carbocycles. The number of halogens is 2. The minimum atomic E-state index is 0.514. The lowest BCUT2D eigenvalue weighted by Gasteiger charge is -2.22. The average molecular weight is 368 g/mol. The SMILES string of the molecule is CCNC1CCCc2cn(Cc3ccc(Br)cc3Cl)cc21. The van der Waals surface area contributed by atoms with Crippen LogP contribution in [0.15, 0.2) is 35.1 Å². The molecule has 1 heterocycles. The van der Waals surface area contributed by atoms with Crippen molar-refractivity contribution in [2.45, 2.75) is 38.8 Å². The summed E-state index contributed by atoms with van der Waals surface area (Å²) in [5.74, 6) is 0. The lowest BCUT2D eigenvalue weighted by molar-refractivity contribution is 0.473. The van der Waals surface area contributed by atoms with Crippen molar-refractivity contribution in [1.82, 2.24) is 9.88 Å². The summed E-state index contributed by atoms with van der Waals surface area (Å²) in [5.41, 5.74) is 4.11. The van der Waals surface area contributed by atoms with E-state index in [0.717, 1.165) is 28.1 Å². The van der Waals surface area contributed by atoms with Crippen molar-refractivity contribution in [1.29, 1.82) is 0 Å². The molecule has 112 valence electrons. The van der Waals surface area contributed by atoms with Gasteiger partial charge in [-0.05, 0) is 54.6 Å². The topological polar surface area (TPSA) is 17.0 Å². The molecule has 0 saturated heterocycles. The van der Waals surface area contributed by atoms with Crippen molar-refractivity contribution in [3.05, 3.63) is 56.8 Å². The van der Waals surface area contributed by atoms with Crippen LogP contribution in [-0.2, 0) is 13.0 Å². The summed E-state index contributed by atoms with van der Waals surface area (Å²) < 4.78 is 3.30. The van der Waals surface area contributed by atoms with Crippen LogP contribution in [0.3, 0.4) is 0 Å². The van der Waals surface area contributed by atoms with Crippen LogP contribution in [0.2, 0.25) is 5.02 Å². The van der Waals surface area contributed by atoms with E-state index in [9.17, 15) is 0 Å². The van der Waals surface area contributed by atoms with Gasteiger partial charge in [-0.2, -0.15) is 0 Å². The molecule has 1 unspecified atom stereocenters. The number of rotatable bonds is 4. The Kier molecular flexibility index (Phi) is 4.72. The van der Waals surface area contributed by atoms with Gasteiger partial charge in [0.05, 0.1) is 0 Å². The quantitative estimate of drug-likeness (QED) is 0.810. The summed E-state index contributed by atoms with van der Waals surface area (Å²) >= 11 is 9.78. The van der Waals surface area contributed by atoms with Gasteiger partial charge >= 0.3 is 0 Å². The molecule has 0 fully saturated rings. The van der Waals surface area contributed by atoms with Crippen LogP contribution >= 0.6 is 27.5 Å². The maximum atomic E-state index is 6.33. The highest BCUT2D eigenvalue weighted by Crippen LogP contribution is 2.31. The second-order valence-electron chi connectivity index (χ2n) is 5.65. The maximum Gasteiger partial charge on any atom is 0.0485 e. The van der Waals surface area contributed by atoms with E-state index in [1.807, 2.05) is 12.1 Å². The Morgan fingerprint density at radius 1 is 1.38 bits per heavy atom. The summed E-state index contributed by atoms with van der Waals surface area (Å²) in [5, 5.41) is 4.41. The van der Waals surface area contributed by atoms with E-state index in [1.54, 1.807) is 0 Å². The molecule has 0 amide bonds. The molecule has 1 aliphatic rings. The fourth-order valence-corrected chi connectivity index (χ4v) is 3.88. The molecule has 0 radical (unpaired) electrons. The molecule has 2 nitrogen and oxygen atoms in total. The molecule has 2 aromatic rings. The third-order valence-corrected chi connectivity index (χ3v) is 4.98. The molecule has 0 bridgehead atoms. The number of fused-ring (bicyclic) bond motifs is 1. The van der Waals surface area contributed by atoms with Crippen molar-refractivity contribution in [3.63, 3.8) is 0 Å². The second kappa shape index (κ2) is 6.55. The highest BCUT2D eigenvalue weighted by atomic mass is 79.9. The summed E-state index contributed by atoms with van der Waals surface area (Å²) in [6.45, 7) is 4.03. The molecule has 3 rings (SSSR count). The molecule has 4 heteroatoms. The average Bonchev–Trinajstić information content (AvgIpc) is 2.86. The number of aromatic nitrogens is 1. The van der Waals surface area contributed by atoms with Crippen LogP contribution in [0, 0.1) is 0 Å². The lowest BCUT2D eigenvalue weighted by Crippen LogP contribution is -2.23. The Labute approximate surface area is 139 Å². The lowest BCUT2D eigenvalue weighted by atomic mass is 9.91. The number of aryl methyl sites for hydroxylation is 1. The number of nitrogens with one attached hydrogen (secondary N) is 1. The maximum absolute atomic E-state index is 6.33. The molecule has 1 aromatic heterocycles. The van der Waals surface area contributed by atoms with Gasteiger partial charge in [0.15, 0.2) is 0 Å². The van der Waals surface area contributed by atoms with Crippen LogP contribution in [0.5, 0.6) is 0 Å². The Balaban J connectivity index is 1.84. The van der Waals surface area contributed by atoms with Gasteiger partial charge in [0.2, 0.25) is 0 Å². The van der Waals surface area contributed by atoms with Crippen molar-refractivity contribution in [2.24, 2.45) is 0 Å². The smallest absolute Gasteiger partial charge is 0.0485 e. The Morgan fingerprint density at radius 2 is 2.24 bits per heavy atom. The molecule has 21 heavy (non-hydrogen) atoms. The van der Waals surface area contributed by atoms with Crippen LogP contribution < -0.4 is 5.32 Å². The first-order chi connectivity index (χ1) is 10.2. The minimum Gasteiger partial charge on any atom is -0.349 e. The standard InChI is InChI=1S/C17H20BrClN2/c1-2-20-17-5-3-4-12-9-21(11-15(12)17)10-13-6-7-14(18)8-16(13)19/h6-9,11,17,20H,2-5,10H2,1H3. The van der Waals surface area contributed by atoms with Gasteiger partial charge < -0.3 is 9.88 Å². The van der Waals surface area contributed by atoms with E-state index in [0.29, 0.717) is 6.04 Å². The Morgan fingerprint density at radius 3 is 3.00 bits per heavy atom. The third-order valence-electron chi connectivity index (χ3n) is 4.13. The molecular weight excluding hydrogens is 348 g/mol. The van der Waals surface area contributed by atoms with Gasteiger partial charge in [0.1, 0.15) is 0 Å². The van der Waals surface area contributed by atoms with E-state index in [4.69, 9.17) is 11.6 Å². The zero-order valence-electron chi connectivity index (χ0n) is 12.2. The first-order valence-electron chi connectivity index (χ1n) is 7.53. The summed E-state index contributed by atoms with van der Waals surface area (Å²) in [6, 6.07) is 6.61. The van der Waals surface area contributed by atoms with Gasteiger partial charge in [-0.3, -0.25) is 0 Å². The largest absolute Gasteiger partial charge is 0.349 e. The van der Waals surface area contributed by atoms with Crippen LogP contribution in [0.1, 0.15) is 42.5 Å². The molecule has 1 N–H and O–H groups in total. The fraction of sp³-hybridized carbons (Fsp3) is 0.412. The molecule has 0 spiro atoms. The monoisotopic (exact) mass is 366 g/mol. The molecule has 1 aromatic carbocycles. The van der Waals surface area contributed by atoms with Gasteiger partial charge in [0, 0.05) is 34.5 Å². The summed E-state index contributed by atoms with van der Waals surface area (Å²) in [4.78, 5) is 0. The Bertz CT molecular complexity index is 636. The molecule has 0 saturated carbocycles. The van der Waals surface area contributed by atoms with Gasteiger partial charge in [0.25, 0.3) is 0 Å². The zero-order valence-corrected chi connectivity index (χ0v) is 14.5. The van der Waals surface area contributed by atoms with Gasteiger partial charge in [-0.25, -0.2) is 0 Å². The van der Waals surface area contributed by atoms with E-state index in [2.05, 4.69) is 51.2 Å².